The van der Waals surface area contributed by atoms with Crippen molar-refractivity contribution in [2.24, 2.45) is 0 Å². The van der Waals surface area contributed by atoms with Gasteiger partial charge in [-0.05, 0) is 66.2 Å². The topological polar surface area (TPSA) is 64.9 Å². The van der Waals surface area contributed by atoms with Crippen molar-refractivity contribution < 1.29 is 17.9 Å². The molecule has 0 aliphatic carbocycles. The predicted octanol–water partition coefficient (Wildman–Crippen LogP) is 4.43. The Morgan fingerprint density at radius 2 is 1.82 bits per heavy atom. The van der Waals surface area contributed by atoms with Gasteiger partial charge in [-0.25, -0.2) is 0 Å². The molecule has 0 saturated heterocycles. The first-order valence-corrected chi connectivity index (χ1v) is 8.65. The molecule has 0 fully saturated rings. The van der Waals surface area contributed by atoms with Crippen LogP contribution in [-0.2, 0) is 11.7 Å². The van der Waals surface area contributed by atoms with E-state index < -0.39 is 17.3 Å². The molecule has 28 heavy (non-hydrogen) atoms. The fourth-order valence-electron chi connectivity index (χ4n) is 2.81. The Hall–Kier alpha value is -3.10. The number of rotatable bonds is 6. The van der Waals surface area contributed by atoms with Crippen LogP contribution in [0.5, 0.6) is 5.75 Å². The van der Waals surface area contributed by atoms with E-state index >= 15 is 0 Å². The number of aromatic nitrogens is 4. The number of ether oxygens (including phenoxy) is 1. The van der Waals surface area contributed by atoms with Gasteiger partial charge in [-0.15, -0.1) is 5.10 Å². The molecule has 0 amide bonds. The highest BCUT2D eigenvalue weighted by molar-refractivity contribution is 5.49. The molecule has 0 aliphatic heterocycles. The van der Waals surface area contributed by atoms with Gasteiger partial charge in [0, 0.05) is 5.69 Å². The smallest absolute Gasteiger partial charge is 0.416 e. The molecular formula is C19H20F3N5O. The van der Waals surface area contributed by atoms with Gasteiger partial charge in [-0.3, -0.25) is 0 Å². The van der Waals surface area contributed by atoms with E-state index in [2.05, 4.69) is 20.8 Å². The van der Waals surface area contributed by atoms with E-state index in [1.165, 1.54) is 10.7 Å². The Bertz CT molecular complexity index is 939. The van der Waals surface area contributed by atoms with Gasteiger partial charge >= 0.3 is 6.18 Å². The molecule has 3 rings (SSSR count). The fourth-order valence-corrected chi connectivity index (χ4v) is 2.81. The summed E-state index contributed by atoms with van der Waals surface area (Å²) in [5.74, 6) is 1.13. The molecule has 0 unspecified atom stereocenters. The summed E-state index contributed by atoms with van der Waals surface area (Å²) >= 11 is 0. The predicted molar refractivity (Wildman–Crippen MR) is 98.4 cm³/mol. The van der Waals surface area contributed by atoms with Crippen LogP contribution in [0, 0.1) is 0 Å². The normalized spacial score (nSPS) is 13.8. The van der Waals surface area contributed by atoms with E-state index in [1.54, 1.807) is 13.2 Å². The Morgan fingerprint density at radius 1 is 1.11 bits per heavy atom. The first-order valence-electron chi connectivity index (χ1n) is 8.65. The highest BCUT2D eigenvalue weighted by atomic mass is 19.4. The van der Waals surface area contributed by atoms with Crippen molar-refractivity contribution in [2.45, 2.75) is 32.0 Å². The molecule has 1 N–H and O–H groups in total. The summed E-state index contributed by atoms with van der Waals surface area (Å²) in [4.78, 5) is 0. The molecule has 0 bridgehead atoms. The number of methoxy groups -OCH3 is 1. The minimum absolute atomic E-state index is 0.242. The van der Waals surface area contributed by atoms with E-state index in [1.807, 2.05) is 38.1 Å². The maximum atomic E-state index is 13.1. The molecule has 0 radical (unpaired) electrons. The van der Waals surface area contributed by atoms with Crippen LogP contribution in [0.2, 0.25) is 0 Å². The van der Waals surface area contributed by atoms with Crippen LogP contribution in [0.1, 0.15) is 31.7 Å². The molecule has 6 nitrogen and oxygen atoms in total. The Kier molecular flexibility index (Phi) is 5.26. The second kappa shape index (κ2) is 7.49. The van der Waals surface area contributed by atoms with Gasteiger partial charge in [0.1, 0.15) is 5.75 Å². The quantitative estimate of drug-likeness (QED) is 0.674. The van der Waals surface area contributed by atoms with Crippen LogP contribution in [0.4, 0.5) is 18.9 Å². The summed E-state index contributed by atoms with van der Waals surface area (Å²) in [5.41, 5.74) is -0.422. The molecule has 9 heteroatoms. The number of benzene rings is 2. The van der Waals surface area contributed by atoms with Crippen LogP contribution in [-0.4, -0.2) is 27.3 Å². The zero-order valence-electron chi connectivity index (χ0n) is 15.7. The third-order valence-corrected chi connectivity index (χ3v) is 4.60. The van der Waals surface area contributed by atoms with Gasteiger partial charge in [-0.2, -0.15) is 17.9 Å². The number of nitrogens with one attached hydrogen (secondary N) is 1. The lowest BCUT2D eigenvalue weighted by molar-refractivity contribution is -0.137. The maximum absolute atomic E-state index is 13.1. The van der Waals surface area contributed by atoms with Crippen molar-refractivity contribution in [3.63, 3.8) is 0 Å². The summed E-state index contributed by atoms with van der Waals surface area (Å²) in [7, 11) is 1.59. The van der Waals surface area contributed by atoms with Crippen molar-refractivity contribution in [3.8, 4) is 11.4 Å². The number of nitrogens with zero attached hydrogens (tertiary/aromatic N) is 4. The highest BCUT2D eigenvalue weighted by Crippen LogP contribution is 2.32. The minimum atomic E-state index is -4.44. The van der Waals surface area contributed by atoms with Gasteiger partial charge in [-0.1, -0.05) is 13.0 Å². The lowest BCUT2D eigenvalue weighted by Gasteiger charge is -2.29. The third-order valence-electron chi connectivity index (χ3n) is 4.60. The van der Waals surface area contributed by atoms with E-state index in [0.717, 1.165) is 23.6 Å². The van der Waals surface area contributed by atoms with Gasteiger partial charge in [0.15, 0.2) is 5.82 Å². The largest absolute Gasteiger partial charge is 0.497 e. The number of hydrogen-bond acceptors (Lipinski definition) is 5. The van der Waals surface area contributed by atoms with Crippen molar-refractivity contribution in [2.75, 3.05) is 12.4 Å². The van der Waals surface area contributed by atoms with Crippen molar-refractivity contribution >= 4 is 5.69 Å². The summed E-state index contributed by atoms with van der Waals surface area (Å²) in [5, 5.41) is 15.1. The molecule has 1 atom stereocenters. The molecule has 2 aromatic carbocycles. The lowest BCUT2D eigenvalue weighted by atomic mass is 9.97. The van der Waals surface area contributed by atoms with Gasteiger partial charge in [0.05, 0.1) is 23.9 Å². The molecule has 3 aromatic rings. The van der Waals surface area contributed by atoms with E-state index in [0.29, 0.717) is 12.2 Å². The molecule has 148 valence electrons. The van der Waals surface area contributed by atoms with E-state index in [9.17, 15) is 13.2 Å². The van der Waals surface area contributed by atoms with E-state index in [-0.39, 0.29) is 5.69 Å². The zero-order valence-corrected chi connectivity index (χ0v) is 15.7. The van der Waals surface area contributed by atoms with Gasteiger partial charge < -0.3 is 10.1 Å². The standard InChI is InChI=1S/C19H20F3N5O/c1-4-18(2,23-14-8-10-16(28-3)11-9-14)17-24-25-26-27(17)15-7-5-6-13(12-15)19(20,21)22/h5-12,23H,4H2,1-3H3/t18-/m0/s1. The Labute approximate surface area is 160 Å². The highest BCUT2D eigenvalue weighted by Gasteiger charge is 2.33. The number of anilines is 1. The summed E-state index contributed by atoms with van der Waals surface area (Å²) in [6, 6.07) is 12.3. The zero-order chi connectivity index (χ0) is 20.4. The average Bonchev–Trinajstić information content (AvgIpc) is 3.19. The molecule has 0 saturated carbocycles. The second-order valence-electron chi connectivity index (χ2n) is 6.50. The number of hydrogen-bond donors (Lipinski definition) is 1. The maximum Gasteiger partial charge on any atom is 0.416 e. The average molecular weight is 391 g/mol. The summed E-state index contributed by atoms with van der Waals surface area (Å²) in [6.07, 6.45) is -3.85. The van der Waals surface area contributed by atoms with Crippen LogP contribution in [0.15, 0.2) is 48.5 Å². The first kappa shape index (κ1) is 19.7. The SMILES string of the molecule is CC[C@](C)(Nc1ccc(OC)cc1)c1nnnn1-c1cccc(C(F)(F)F)c1. The first-order chi connectivity index (χ1) is 13.3. The fraction of sp³-hybridized carbons (Fsp3) is 0.316. The van der Waals surface area contributed by atoms with Crippen LogP contribution in [0.25, 0.3) is 5.69 Å². The van der Waals surface area contributed by atoms with Crippen LogP contribution < -0.4 is 10.1 Å². The molecule has 0 aliphatic rings. The minimum Gasteiger partial charge on any atom is -0.497 e. The van der Waals surface area contributed by atoms with Crippen molar-refractivity contribution in [3.05, 3.63) is 59.9 Å². The van der Waals surface area contributed by atoms with Crippen LogP contribution >= 0.6 is 0 Å². The molecule has 1 aromatic heterocycles. The molecule has 1 heterocycles. The van der Waals surface area contributed by atoms with Crippen molar-refractivity contribution in [1.29, 1.82) is 0 Å². The lowest BCUT2D eigenvalue weighted by Crippen LogP contribution is -2.34. The summed E-state index contributed by atoms with van der Waals surface area (Å²) < 4.78 is 45.7. The van der Waals surface area contributed by atoms with Crippen molar-refractivity contribution in [1.82, 2.24) is 20.2 Å². The van der Waals surface area contributed by atoms with Crippen LogP contribution in [0.3, 0.4) is 0 Å². The van der Waals surface area contributed by atoms with Gasteiger partial charge in [0.2, 0.25) is 0 Å². The molecule has 0 spiro atoms. The monoisotopic (exact) mass is 391 g/mol. The van der Waals surface area contributed by atoms with E-state index in [4.69, 9.17) is 4.74 Å². The summed E-state index contributed by atoms with van der Waals surface area (Å²) in [6.45, 7) is 3.84. The Morgan fingerprint density at radius 3 is 2.43 bits per heavy atom. The third kappa shape index (κ3) is 3.92. The number of halogens is 3. The number of tetrazole rings is 1. The second-order valence-corrected chi connectivity index (χ2v) is 6.50. The molecular weight excluding hydrogens is 371 g/mol. The Balaban J connectivity index is 1.98. The van der Waals surface area contributed by atoms with Gasteiger partial charge in [0.25, 0.3) is 0 Å². The number of alkyl halides is 3.